The van der Waals surface area contributed by atoms with Gasteiger partial charge in [-0.15, -0.1) is 0 Å². The maximum atomic E-state index is 13.3. The monoisotopic (exact) mass is 407 g/mol. The molecule has 8 nitrogen and oxygen atoms in total. The van der Waals surface area contributed by atoms with Crippen molar-refractivity contribution in [2.45, 2.75) is 6.18 Å². The van der Waals surface area contributed by atoms with Crippen LogP contribution in [0.1, 0.15) is 16.2 Å². The van der Waals surface area contributed by atoms with E-state index in [1.165, 1.54) is 24.5 Å². The highest BCUT2D eigenvalue weighted by atomic mass is 19.4. The summed E-state index contributed by atoms with van der Waals surface area (Å²) in [5.74, 6) is -2.64. The van der Waals surface area contributed by atoms with E-state index in [1.54, 1.807) is 30.1 Å². The van der Waals surface area contributed by atoms with Crippen LogP contribution in [0.4, 0.5) is 24.8 Å². The molecule has 0 radical (unpaired) electrons. The summed E-state index contributed by atoms with van der Waals surface area (Å²) in [6.45, 7) is 0.191. The summed E-state index contributed by atoms with van der Waals surface area (Å²) in [6.07, 6.45) is -2.43. The van der Waals surface area contributed by atoms with Crippen molar-refractivity contribution in [2.75, 3.05) is 30.4 Å². The Morgan fingerprint density at radius 2 is 1.86 bits per heavy atom. The number of aliphatic hydroxyl groups is 1. The molecule has 0 aliphatic rings. The Morgan fingerprint density at radius 1 is 1.21 bits per heavy atom. The molecular weight excluding hydrogens is 391 g/mol. The van der Waals surface area contributed by atoms with Gasteiger partial charge < -0.3 is 19.7 Å². The molecule has 0 unspecified atom stereocenters. The third-order valence-electron chi connectivity index (χ3n) is 3.79. The van der Waals surface area contributed by atoms with E-state index in [9.17, 15) is 18.0 Å². The molecule has 2 heterocycles. The van der Waals surface area contributed by atoms with Crippen LogP contribution in [0, 0.1) is 0 Å². The van der Waals surface area contributed by atoms with Gasteiger partial charge in [-0.1, -0.05) is 18.2 Å². The Bertz CT molecular complexity index is 975. The number of anilines is 2. The second kappa shape index (κ2) is 8.27. The molecule has 0 aliphatic heterocycles. The molecule has 0 saturated carbocycles. The first kappa shape index (κ1) is 20.3. The van der Waals surface area contributed by atoms with Gasteiger partial charge in [0.15, 0.2) is 5.69 Å². The molecule has 0 fully saturated rings. The highest BCUT2D eigenvalue weighted by molar-refractivity contribution is 6.03. The average Bonchev–Trinajstić information content (AvgIpc) is 3.16. The maximum absolute atomic E-state index is 13.3. The minimum Gasteiger partial charge on any atom is -0.431 e. The zero-order valence-electron chi connectivity index (χ0n) is 15.1. The average molecular weight is 407 g/mol. The Morgan fingerprint density at radius 3 is 2.45 bits per heavy atom. The quantitative estimate of drug-likeness (QED) is 0.647. The van der Waals surface area contributed by atoms with Crippen molar-refractivity contribution in [1.29, 1.82) is 0 Å². The van der Waals surface area contributed by atoms with Gasteiger partial charge in [0.25, 0.3) is 5.91 Å². The predicted molar refractivity (Wildman–Crippen MR) is 97.3 cm³/mol. The number of likely N-dealkylation sites (N-methyl/N-ethyl adjacent to an activating group) is 1. The first-order valence-electron chi connectivity index (χ1n) is 8.38. The molecule has 3 rings (SSSR count). The molecule has 0 atom stereocenters. The number of nitrogens with zero attached hydrogens (tertiary/aromatic N) is 4. The number of aliphatic hydroxyl groups excluding tert-OH is 1. The first-order chi connectivity index (χ1) is 13.8. The van der Waals surface area contributed by atoms with E-state index in [0.29, 0.717) is 12.1 Å². The fraction of sp³-hybridized carbons (Fsp3) is 0.222. The van der Waals surface area contributed by atoms with Crippen molar-refractivity contribution in [3.05, 3.63) is 54.2 Å². The number of carbonyl (C=O) groups excluding carboxylic acids is 1. The van der Waals surface area contributed by atoms with E-state index >= 15 is 0 Å². The fourth-order valence-corrected chi connectivity index (χ4v) is 2.39. The zero-order chi connectivity index (χ0) is 21.0. The fourth-order valence-electron chi connectivity index (χ4n) is 2.39. The number of carbonyl (C=O) groups is 1. The Labute approximate surface area is 163 Å². The maximum Gasteiger partial charge on any atom is 0.452 e. The molecule has 0 saturated heterocycles. The Balaban J connectivity index is 1.86. The van der Waals surface area contributed by atoms with E-state index in [-0.39, 0.29) is 24.1 Å². The normalized spacial score (nSPS) is 11.3. The molecule has 11 heteroatoms. The van der Waals surface area contributed by atoms with Gasteiger partial charge in [0.1, 0.15) is 0 Å². The molecule has 2 aromatic heterocycles. The number of rotatable bonds is 6. The van der Waals surface area contributed by atoms with Crippen LogP contribution in [-0.2, 0) is 6.18 Å². The predicted octanol–water partition coefficient (Wildman–Crippen LogP) is 2.83. The number of nitrogens with one attached hydrogen (secondary N) is 1. The van der Waals surface area contributed by atoms with Crippen LogP contribution >= 0.6 is 0 Å². The highest BCUT2D eigenvalue weighted by Crippen LogP contribution is 2.35. The number of amides is 1. The molecule has 1 aromatic carbocycles. The second-order valence-corrected chi connectivity index (χ2v) is 5.93. The summed E-state index contributed by atoms with van der Waals surface area (Å²) >= 11 is 0. The van der Waals surface area contributed by atoms with Gasteiger partial charge in [0, 0.05) is 19.2 Å². The van der Waals surface area contributed by atoms with Gasteiger partial charge in [-0.3, -0.25) is 4.79 Å². The smallest absolute Gasteiger partial charge is 0.431 e. The molecule has 2 N–H and O–H groups in total. The van der Waals surface area contributed by atoms with Gasteiger partial charge in [0.05, 0.1) is 24.7 Å². The number of hydrogen-bond acceptors (Lipinski definition) is 7. The second-order valence-electron chi connectivity index (χ2n) is 5.93. The minimum atomic E-state index is -4.90. The Kier molecular flexibility index (Phi) is 5.78. The van der Waals surface area contributed by atoms with Gasteiger partial charge >= 0.3 is 6.18 Å². The van der Waals surface area contributed by atoms with Crippen LogP contribution in [0.25, 0.3) is 11.5 Å². The molecule has 0 spiro atoms. The number of benzene rings is 1. The van der Waals surface area contributed by atoms with Crippen molar-refractivity contribution < 1.29 is 27.5 Å². The lowest BCUT2D eigenvalue weighted by Crippen LogP contribution is -2.23. The van der Waals surface area contributed by atoms with E-state index in [1.807, 2.05) is 0 Å². The van der Waals surface area contributed by atoms with Gasteiger partial charge in [-0.05, 0) is 12.1 Å². The highest BCUT2D eigenvalue weighted by Gasteiger charge is 2.42. The summed E-state index contributed by atoms with van der Waals surface area (Å²) in [6, 6.07) is 7.94. The van der Waals surface area contributed by atoms with Crippen LogP contribution in [0.5, 0.6) is 0 Å². The number of halogens is 3. The first-order valence-corrected chi connectivity index (χ1v) is 8.38. The molecule has 0 aliphatic carbocycles. The number of aromatic nitrogens is 3. The lowest BCUT2D eigenvalue weighted by molar-refractivity contribution is -0.153. The summed E-state index contributed by atoms with van der Waals surface area (Å²) < 4.78 is 44.8. The van der Waals surface area contributed by atoms with Crippen molar-refractivity contribution >= 4 is 17.5 Å². The number of hydrogen-bond donors (Lipinski definition) is 2. The molecule has 1 amide bonds. The van der Waals surface area contributed by atoms with E-state index in [4.69, 9.17) is 9.52 Å². The standard InChI is InChI=1S/C18H16F3N5O3/c1-26(7-8-27)17-22-9-12(10-23-17)24-15(28)13-14(18(19,20)21)29-16(25-13)11-5-3-2-4-6-11/h2-6,9-10,27H,7-8H2,1H3,(H,24,28). The van der Waals surface area contributed by atoms with Gasteiger partial charge in [-0.25, -0.2) is 15.0 Å². The van der Waals surface area contributed by atoms with Crippen molar-refractivity contribution in [3.63, 3.8) is 0 Å². The number of oxazole rings is 1. The van der Waals surface area contributed by atoms with Crippen LogP contribution in [0.2, 0.25) is 0 Å². The van der Waals surface area contributed by atoms with Gasteiger partial charge in [-0.2, -0.15) is 13.2 Å². The molecule has 29 heavy (non-hydrogen) atoms. The third-order valence-corrected chi connectivity index (χ3v) is 3.79. The number of alkyl halides is 3. The lowest BCUT2D eigenvalue weighted by atomic mass is 10.2. The Hall–Kier alpha value is -3.47. The van der Waals surface area contributed by atoms with Crippen molar-refractivity contribution in [2.24, 2.45) is 0 Å². The van der Waals surface area contributed by atoms with E-state index < -0.39 is 23.5 Å². The molecule has 152 valence electrons. The van der Waals surface area contributed by atoms with E-state index in [0.717, 1.165) is 0 Å². The van der Waals surface area contributed by atoms with E-state index in [2.05, 4.69) is 20.3 Å². The van der Waals surface area contributed by atoms with Crippen LogP contribution in [-0.4, -0.2) is 46.2 Å². The SMILES string of the molecule is CN(CCO)c1ncc(NC(=O)c2nc(-c3ccccc3)oc2C(F)(F)F)cn1. The van der Waals surface area contributed by atoms with Crippen molar-refractivity contribution in [1.82, 2.24) is 15.0 Å². The summed E-state index contributed by atoms with van der Waals surface area (Å²) in [5.41, 5.74) is -0.511. The largest absolute Gasteiger partial charge is 0.452 e. The van der Waals surface area contributed by atoms with Crippen molar-refractivity contribution in [3.8, 4) is 11.5 Å². The minimum absolute atomic E-state index is 0.0773. The zero-order valence-corrected chi connectivity index (χ0v) is 15.1. The summed E-state index contributed by atoms with van der Waals surface area (Å²) in [7, 11) is 1.65. The van der Waals surface area contributed by atoms with Crippen LogP contribution in [0.3, 0.4) is 0 Å². The summed E-state index contributed by atoms with van der Waals surface area (Å²) in [4.78, 5) is 25.7. The lowest BCUT2D eigenvalue weighted by Gasteiger charge is -2.15. The summed E-state index contributed by atoms with van der Waals surface area (Å²) in [5, 5.41) is 11.2. The third kappa shape index (κ3) is 4.69. The van der Waals surface area contributed by atoms with Crippen LogP contribution in [0.15, 0.2) is 47.1 Å². The molecule has 0 bridgehead atoms. The van der Waals surface area contributed by atoms with Crippen LogP contribution < -0.4 is 10.2 Å². The molecular formula is C18H16F3N5O3. The van der Waals surface area contributed by atoms with Gasteiger partial charge in [0.2, 0.25) is 17.6 Å². The molecule has 3 aromatic rings. The topological polar surface area (TPSA) is 104 Å².